The van der Waals surface area contributed by atoms with E-state index >= 15 is 0 Å². The Hall–Kier alpha value is -3.01. The van der Waals surface area contributed by atoms with Crippen LogP contribution in [0.3, 0.4) is 0 Å². The lowest BCUT2D eigenvalue weighted by atomic mass is 10.1. The van der Waals surface area contributed by atoms with Gasteiger partial charge in [-0.3, -0.25) is 23.9 Å². The molecule has 0 aliphatic carbocycles. The van der Waals surface area contributed by atoms with Gasteiger partial charge >= 0.3 is 5.69 Å². The molecule has 1 aromatic heterocycles. The van der Waals surface area contributed by atoms with Crippen molar-refractivity contribution >= 4 is 35.1 Å². The van der Waals surface area contributed by atoms with E-state index in [4.69, 9.17) is 5.73 Å². The molecule has 2 amide bonds. The summed E-state index contributed by atoms with van der Waals surface area (Å²) in [7, 11) is 0. The van der Waals surface area contributed by atoms with Crippen LogP contribution in [0.1, 0.15) is 45.6 Å². The number of nitrogens with one attached hydrogen (secondary N) is 1. The lowest BCUT2D eigenvalue weighted by Gasteiger charge is -2.33. The molecule has 0 saturated carbocycles. The fourth-order valence-corrected chi connectivity index (χ4v) is 6.09. The van der Waals surface area contributed by atoms with Crippen molar-refractivity contribution in [3.63, 3.8) is 0 Å². The Labute approximate surface area is 202 Å². The molecule has 0 radical (unpaired) electrons. The highest BCUT2D eigenvalue weighted by Gasteiger charge is 2.54. The lowest BCUT2D eigenvalue weighted by Crippen LogP contribution is -2.53. The van der Waals surface area contributed by atoms with Crippen molar-refractivity contribution in [1.29, 1.82) is 0 Å². The number of anilines is 2. The first-order valence-electron chi connectivity index (χ1n) is 11.6. The van der Waals surface area contributed by atoms with E-state index in [-0.39, 0.29) is 42.3 Å². The number of fused-ring (bicyclic) bond motifs is 1. The topological polar surface area (TPSA) is 121 Å². The number of aromatic amines is 1. The van der Waals surface area contributed by atoms with E-state index in [0.717, 1.165) is 5.56 Å². The summed E-state index contributed by atoms with van der Waals surface area (Å²) in [5.41, 5.74) is 5.86. The van der Waals surface area contributed by atoms with Crippen LogP contribution in [-0.2, 0) is 16.1 Å². The Bertz CT molecular complexity index is 1210. The fraction of sp³-hybridized carbons (Fsp3) is 0.500. The number of carbonyl (C=O) groups excluding carboxylic acids is 2. The van der Waals surface area contributed by atoms with E-state index in [0.29, 0.717) is 25.0 Å². The highest BCUT2D eigenvalue weighted by atomic mass is 32.2. The van der Waals surface area contributed by atoms with Crippen LogP contribution in [0.15, 0.2) is 39.9 Å². The number of nitrogens with zero attached hydrogens (tertiary/aromatic N) is 3. The SMILES string of the molecule is CC(C)CCN(C(=O)[C@@H]1CS[C@@]2(C)CCC(=O)N12)c1c(N)n(Cc2ccccc2)c(=O)[nH]c1=O. The average Bonchev–Trinajstić information content (AvgIpc) is 3.29. The van der Waals surface area contributed by atoms with Crippen LogP contribution in [0, 0.1) is 5.92 Å². The molecule has 2 aliphatic rings. The molecule has 1 aromatic carbocycles. The summed E-state index contributed by atoms with van der Waals surface area (Å²) in [4.78, 5) is 57.1. The van der Waals surface area contributed by atoms with Crippen LogP contribution < -0.4 is 21.9 Å². The maximum atomic E-state index is 13.9. The van der Waals surface area contributed by atoms with Crippen LogP contribution >= 0.6 is 11.8 Å². The maximum absolute atomic E-state index is 13.9. The van der Waals surface area contributed by atoms with Crippen LogP contribution in [0.4, 0.5) is 11.5 Å². The van der Waals surface area contributed by atoms with Crippen molar-refractivity contribution in [2.45, 2.75) is 57.5 Å². The van der Waals surface area contributed by atoms with Crippen LogP contribution in [-0.4, -0.2) is 49.5 Å². The van der Waals surface area contributed by atoms with E-state index < -0.39 is 22.2 Å². The number of rotatable bonds is 7. The third kappa shape index (κ3) is 4.38. The number of amides is 2. The first kappa shape index (κ1) is 24.1. The van der Waals surface area contributed by atoms with Gasteiger partial charge in [-0.2, -0.15) is 0 Å². The molecule has 2 atom stereocenters. The molecule has 2 fully saturated rings. The zero-order valence-corrected chi connectivity index (χ0v) is 20.6. The van der Waals surface area contributed by atoms with E-state index in [1.807, 2.05) is 51.1 Å². The Balaban J connectivity index is 1.76. The summed E-state index contributed by atoms with van der Waals surface area (Å²) in [5, 5.41) is 0. The summed E-state index contributed by atoms with van der Waals surface area (Å²) in [5.74, 6) is 0.277. The first-order valence-corrected chi connectivity index (χ1v) is 12.5. The van der Waals surface area contributed by atoms with Crippen molar-refractivity contribution in [2.24, 2.45) is 5.92 Å². The minimum absolute atomic E-state index is 0.0357. The molecular weight excluding hydrogens is 454 g/mol. The number of hydrogen-bond acceptors (Lipinski definition) is 6. The predicted molar refractivity (Wildman–Crippen MR) is 134 cm³/mol. The van der Waals surface area contributed by atoms with Crippen molar-refractivity contribution in [1.82, 2.24) is 14.5 Å². The lowest BCUT2D eigenvalue weighted by molar-refractivity contribution is -0.136. The molecular formula is C24H31N5O4S. The maximum Gasteiger partial charge on any atom is 0.330 e. The van der Waals surface area contributed by atoms with Crippen molar-refractivity contribution < 1.29 is 9.59 Å². The zero-order valence-electron chi connectivity index (χ0n) is 19.7. The number of H-pyrrole nitrogens is 1. The standard InChI is InChI=1S/C24H31N5O4S/c1-15(2)10-12-27(22(32)17-14-34-24(3)11-9-18(30)29(17)24)19-20(25)28(23(33)26-21(19)31)13-16-7-5-4-6-8-16/h4-8,15,17H,9-14,25H2,1-3H3,(H,26,31,33)/t17-,24-/m0/s1. The van der Waals surface area contributed by atoms with Gasteiger partial charge in [-0.25, -0.2) is 4.79 Å². The molecule has 4 rings (SSSR count). The zero-order chi connectivity index (χ0) is 24.6. The van der Waals surface area contributed by atoms with E-state index in [9.17, 15) is 19.2 Å². The van der Waals surface area contributed by atoms with Gasteiger partial charge in [-0.15, -0.1) is 11.8 Å². The monoisotopic (exact) mass is 485 g/mol. The molecule has 2 saturated heterocycles. The quantitative estimate of drug-likeness (QED) is 0.619. The molecule has 182 valence electrons. The minimum Gasteiger partial charge on any atom is -0.383 e. The Morgan fingerprint density at radius 2 is 1.97 bits per heavy atom. The van der Waals surface area contributed by atoms with Gasteiger partial charge in [0.1, 0.15) is 11.9 Å². The second-order valence-electron chi connectivity index (χ2n) is 9.50. The molecule has 0 bridgehead atoms. The van der Waals surface area contributed by atoms with Crippen LogP contribution in [0.2, 0.25) is 0 Å². The van der Waals surface area contributed by atoms with Gasteiger partial charge in [0.15, 0.2) is 5.69 Å². The van der Waals surface area contributed by atoms with E-state index in [1.54, 1.807) is 16.7 Å². The Morgan fingerprint density at radius 3 is 2.65 bits per heavy atom. The average molecular weight is 486 g/mol. The van der Waals surface area contributed by atoms with Gasteiger partial charge in [-0.05, 0) is 31.2 Å². The predicted octanol–water partition coefficient (Wildman–Crippen LogP) is 2.00. The summed E-state index contributed by atoms with van der Waals surface area (Å²) in [6, 6.07) is 8.60. The van der Waals surface area contributed by atoms with Gasteiger partial charge in [-0.1, -0.05) is 44.2 Å². The molecule has 3 N–H and O–H groups in total. The van der Waals surface area contributed by atoms with Gasteiger partial charge in [0.25, 0.3) is 11.5 Å². The number of nitrogen functional groups attached to an aromatic ring is 1. The summed E-state index contributed by atoms with van der Waals surface area (Å²) in [6.07, 6.45) is 1.73. The highest BCUT2D eigenvalue weighted by molar-refractivity contribution is 8.01. The Morgan fingerprint density at radius 1 is 1.26 bits per heavy atom. The highest BCUT2D eigenvalue weighted by Crippen LogP contribution is 2.47. The molecule has 34 heavy (non-hydrogen) atoms. The number of benzene rings is 1. The van der Waals surface area contributed by atoms with Gasteiger partial charge < -0.3 is 15.5 Å². The molecule has 2 aromatic rings. The van der Waals surface area contributed by atoms with Gasteiger partial charge in [0, 0.05) is 18.7 Å². The van der Waals surface area contributed by atoms with Crippen molar-refractivity contribution in [3.05, 3.63) is 56.7 Å². The number of carbonyl (C=O) groups is 2. The molecule has 3 heterocycles. The number of nitrogens with two attached hydrogens (primary N) is 1. The molecule has 2 aliphatic heterocycles. The third-order valence-electron chi connectivity index (χ3n) is 6.59. The van der Waals surface area contributed by atoms with Crippen molar-refractivity contribution in [3.8, 4) is 0 Å². The Kier molecular flexibility index (Phi) is 6.62. The molecule has 0 unspecified atom stereocenters. The smallest absolute Gasteiger partial charge is 0.330 e. The van der Waals surface area contributed by atoms with Gasteiger partial charge in [0.05, 0.1) is 11.4 Å². The normalized spacial score (nSPS) is 21.8. The van der Waals surface area contributed by atoms with Gasteiger partial charge in [0.2, 0.25) is 5.91 Å². The molecule has 10 heteroatoms. The third-order valence-corrected chi connectivity index (χ3v) is 8.10. The molecule has 0 spiro atoms. The second-order valence-corrected chi connectivity index (χ2v) is 11.0. The van der Waals surface area contributed by atoms with E-state index in [2.05, 4.69) is 4.98 Å². The largest absolute Gasteiger partial charge is 0.383 e. The van der Waals surface area contributed by atoms with E-state index in [1.165, 1.54) is 9.47 Å². The number of aromatic nitrogens is 2. The second kappa shape index (κ2) is 9.32. The minimum atomic E-state index is -0.704. The summed E-state index contributed by atoms with van der Waals surface area (Å²) in [6.45, 7) is 6.45. The summed E-state index contributed by atoms with van der Waals surface area (Å²) >= 11 is 1.59. The van der Waals surface area contributed by atoms with Crippen LogP contribution in [0.5, 0.6) is 0 Å². The van der Waals surface area contributed by atoms with Crippen LogP contribution in [0.25, 0.3) is 0 Å². The number of hydrogen-bond donors (Lipinski definition) is 2. The summed E-state index contributed by atoms with van der Waals surface area (Å²) < 4.78 is 1.27. The fourth-order valence-electron chi connectivity index (χ4n) is 4.66. The van der Waals surface area contributed by atoms with Crippen molar-refractivity contribution in [2.75, 3.05) is 22.9 Å². The first-order chi connectivity index (χ1) is 16.1. The molecule has 9 nitrogen and oxygen atoms in total. The number of thioether (sulfide) groups is 1.